The number of halogens is 1. The Hall–Kier alpha value is -0.0800. The fraction of sp³-hybridized carbons (Fsp3) is 0.955. The van der Waals surface area contributed by atoms with E-state index < -0.39 is 0 Å². The Balaban J connectivity index is 0.00000392. The lowest BCUT2D eigenvalue weighted by atomic mass is 9.83. The quantitative estimate of drug-likeness (QED) is 0.190. The molecule has 1 saturated carbocycles. The summed E-state index contributed by atoms with van der Waals surface area (Å²) < 4.78 is 5.35. The van der Waals surface area contributed by atoms with Crippen LogP contribution in [-0.2, 0) is 4.74 Å². The SMILES string of the molecule is CCNC(=NCC1(CCOC)CCCC1)NCCCCN1CCCC(C)C1.I. The van der Waals surface area contributed by atoms with Gasteiger partial charge in [-0.25, -0.2) is 0 Å². The van der Waals surface area contributed by atoms with Gasteiger partial charge in [0.05, 0.1) is 0 Å². The van der Waals surface area contributed by atoms with Gasteiger partial charge in [-0.15, -0.1) is 24.0 Å². The standard InChI is InChI=1S/C22H44N4O.HI/c1-4-23-21(25-19-22(13-17-27-3)11-5-6-12-22)24-14-7-8-15-26-16-9-10-20(2)18-26;/h20H,4-19H2,1-3H3,(H2,23,24,25);1H. The summed E-state index contributed by atoms with van der Waals surface area (Å²) in [5, 5.41) is 6.98. The third-order valence-electron chi connectivity index (χ3n) is 6.35. The number of guanidine groups is 1. The highest BCUT2D eigenvalue weighted by atomic mass is 127. The van der Waals surface area contributed by atoms with E-state index in [9.17, 15) is 0 Å². The molecule has 166 valence electrons. The van der Waals surface area contributed by atoms with Crippen LogP contribution in [0.3, 0.4) is 0 Å². The van der Waals surface area contributed by atoms with Crippen molar-refractivity contribution in [2.45, 2.75) is 71.6 Å². The van der Waals surface area contributed by atoms with Crippen molar-refractivity contribution in [3.8, 4) is 0 Å². The number of ether oxygens (including phenoxy) is 1. The maximum atomic E-state index is 5.35. The average molecular weight is 509 g/mol. The normalized spacial score (nSPS) is 22.7. The minimum Gasteiger partial charge on any atom is -0.385 e. The minimum absolute atomic E-state index is 0. The Bertz CT molecular complexity index is 427. The van der Waals surface area contributed by atoms with Crippen LogP contribution in [0.25, 0.3) is 0 Å². The third kappa shape index (κ3) is 9.61. The zero-order chi connectivity index (χ0) is 19.4. The molecule has 6 heteroatoms. The second-order valence-corrected chi connectivity index (χ2v) is 8.83. The number of nitrogens with one attached hydrogen (secondary N) is 2. The van der Waals surface area contributed by atoms with Crippen molar-refractivity contribution in [2.75, 3.05) is 53.0 Å². The number of piperidine rings is 1. The Labute approximate surface area is 190 Å². The topological polar surface area (TPSA) is 48.9 Å². The molecule has 5 nitrogen and oxygen atoms in total. The van der Waals surface area contributed by atoms with Gasteiger partial charge < -0.3 is 20.3 Å². The van der Waals surface area contributed by atoms with Gasteiger partial charge in [0.2, 0.25) is 0 Å². The van der Waals surface area contributed by atoms with Crippen LogP contribution in [0.4, 0.5) is 0 Å². The Morgan fingerprint density at radius 3 is 2.64 bits per heavy atom. The fourth-order valence-corrected chi connectivity index (χ4v) is 4.68. The van der Waals surface area contributed by atoms with Crippen molar-refractivity contribution in [2.24, 2.45) is 16.3 Å². The van der Waals surface area contributed by atoms with Crippen molar-refractivity contribution in [3.05, 3.63) is 0 Å². The van der Waals surface area contributed by atoms with Crippen molar-refractivity contribution in [1.29, 1.82) is 0 Å². The van der Waals surface area contributed by atoms with Crippen LogP contribution in [0.5, 0.6) is 0 Å². The number of likely N-dealkylation sites (tertiary alicyclic amines) is 1. The molecule has 0 amide bonds. The first-order chi connectivity index (χ1) is 13.2. The van der Waals surface area contributed by atoms with E-state index in [-0.39, 0.29) is 24.0 Å². The van der Waals surface area contributed by atoms with E-state index >= 15 is 0 Å². The van der Waals surface area contributed by atoms with Crippen LogP contribution in [-0.4, -0.2) is 63.8 Å². The number of unbranched alkanes of at least 4 members (excludes halogenated alkanes) is 1. The predicted molar refractivity (Wildman–Crippen MR) is 131 cm³/mol. The van der Waals surface area contributed by atoms with Crippen LogP contribution >= 0.6 is 24.0 Å². The number of methoxy groups -OCH3 is 1. The summed E-state index contributed by atoms with van der Waals surface area (Å²) in [7, 11) is 1.81. The van der Waals surface area contributed by atoms with Gasteiger partial charge in [0.15, 0.2) is 5.96 Å². The van der Waals surface area contributed by atoms with Gasteiger partial charge in [0, 0.05) is 39.9 Å². The van der Waals surface area contributed by atoms with Crippen LogP contribution in [0.15, 0.2) is 4.99 Å². The molecule has 0 aromatic rings. The van der Waals surface area contributed by atoms with Crippen molar-refractivity contribution in [1.82, 2.24) is 15.5 Å². The van der Waals surface area contributed by atoms with Crippen LogP contribution in [0, 0.1) is 11.3 Å². The maximum Gasteiger partial charge on any atom is 0.191 e. The molecule has 0 spiro atoms. The predicted octanol–water partition coefficient (Wildman–Crippen LogP) is 4.27. The molecule has 0 aromatic heterocycles. The maximum absolute atomic E-state index is 5.35. The molecule has 2 fully saturated rings. The molecule has 28 heavy (non-hydrogen) atoms. The van der Waals surface area contributed by atoms with Gasteiger partial charge in [0.1, 0.15) is 0 Å². The molecule has 1 heterocycles. The first-order valence-corrected chi connectivity index (χ1v) is 11.4. The summed E-state index contributed by atoms with van der Waals surface area (Å²) >= 11 is 0. The van der Waals surface area contributed by atoms with Crippen LogP contribution in [0.2, 0.25) is 0 Å². The van der Waals surface area contributed by atoms with E-state index in [2.05, 4.69) is 29.4 Å². The summed E-state index contributed by atoms with van der Waals surface area (Å²) in [5.74, 6) is 1.87. The Morgan fingerprint density at radius 2 is 1.96 bits per heavy atom. The molecule has 2 aliphatic rings. The van der Waals surface area contributed by atoms with Gasteiger partial charge in [-0.1, -0.05) is 19.8 Å². The van der Waals surface area contributed by atoms with E-state index in [4.69, 9.17) is 9.73 Å². The molecule has 1 aliphatic carbocycles. The van der Waals surface area contributed by atoms with Crippen LogP contribution < -0.4 is 10.6 Å². The second kappa shape index (κ2) is 14.8. The summed E-state index contributed by atoms with van der Waals surface area (Å²) in [6, 6.07) is 0. The molecule has 1 saturated heterocycles. The number of rotatable bonds is 11. The lowest BCUT2D eigenvalue weighted by molar-refractivity contribution is 0.141. The Morgan fingerprint density at radius 1 is 1.18 bits per heavy atom. The highest BCUT2D eigenvalue weighted by molar-refractivity contribution is 14.0. The molecule has 1 unspecified atom stereocenters. The summed E-state index contributed by atoms with van der Waals surface area (Å²) in [4.78, 5) is 7.59. The van der Waals surface area contributed by atoms with Gasteiger partial charge in [-0.3, -0.25) is 4.99 Å². The molecule has 0 bridgehead atoms. The molecule has 1 atom stereocenters. The molecule has 0 radical (unpaired) electrons. The van der Waals surface area contributed by atoms with Gasteiger partial charge in [0.25, 0.3) is 0 Å². The lowest BCUT2D eigenvalue weighted by Gasteiger charge is -2.30. The molecule has 2 N–H and O–H groups in total. The zero-order valence-corrected chi connectivity index (χ0v) is 20.9. The minimum atomic E-state index is 0. The van der Waals surface area contributed by atoms with E-state index in [1.165, 1.54) is 71.0 Å². The number of aliphatic imine (C=N–C) groups is 1. The number of hydrogen-bond donors (Lipinski definition) is 2. The fourth-order valence-electron chi connectivity index (χ4n) is 4.68. The molecule has 2 rings (SSSR count). The largest absolute Gasteiger partial charge is 0.385 e. The summed E-state index contributed by atoms with van der Waals surface area (Å²) in [5.41, 5.74) is 0.364. The van der Waals surface area contributed by atoms with Gasteiger partial charge in [-0.05, 0) is 76.3 Å². The number of hydrogen-bond acceptors (Lipinski definition) is 3. The van der Waals surface area contributed by atoms with Crippen LogP contribution in [0.1, 0.15) is 71.6 Å². The monoisotopic (exact) mass is 508 g/mol. The van der Waals surface area contributed by atoms with E-state index in [0.29, 0.717) is 5.41 Å². The van der Waals surface area contributed by atoms with Crippen molar-refractivity contribution >= 4 is 29.9 Å². The molecule has 1 aliphatic heterocycles. The van der Waals surface area contributed by atoms with Crippen molar-refractivity contribution in [3.63, 3.8) is 0 Å². The van der Waals surface area contributed by atoms with Gasteiger partial charge in [-0.2, -0.15) is 0 Å². The van der Waals surface area contributed by atoms with E-state index in [1.54, 1.807) is 0 Å². The smallest absolute Gasteiger partial charge is 0.191 e. The second-order valence-electron chi connectivity index (χ2n) is 8.83. The molecular formula is C22H45IN4O. The number of nitrogens with zero attached hydrogens (tertiary/aromatic N) is 2. The van der Waals surface area contributed by atoms with E-state index in [1.807, 2.05) is 7.11 Å². The zero-order valence-electron chi connectivity index (χ0n) is 18.6. The highest BCUT2D eigenvalue weighted by Gasteiger charge is 2.33. The summed E-state index contributed by atoms with van der Waals surface area (Å²) in [6.45, 7) is 12.1. The Kier molecular flexibility index (Phi) is 13.7. The summed E-state index contributed by atoms with van der Waals surface area (Å²) in [6.07, 6.45) is 11.7. The third-order valence-corrected chi connectivity index (χ3v) is 6.35. The van der Waals surface area contributed by atoms with Crippen molar-refractivity contribution < 1.29 is 4.74 Å². The first-order valence-electron chi connectivity index (χ1n) is 11.4. The molecule has 0 aromatic carbocycles. The van der Waals surface area contributed by atoms with Gasteiger partial charge >= 0.3 is 0 Å². The average Bonchev–Trinajstić information content (AvgIpc) is 3.13. The lowest BCUT2D eigenvalue weighted by Crippen LogP contribution is -2.39. The first kappa shape index (κ1) is 26.0. The highest BCUT2D eigenvalue weighted by Crippen LogP contribution is 2.41. The van der Waals surface area contributed by atoms with E-state index in [0.717, 1.165) is 44.5 Å². The molecular weight excluding hydrogens is 463 g/mol.